The lowest BCUT2D eigenvalue weighted by Crippen LogP contribution is -2.41. The van der Waals surface area contributed by atoms with Crippen LogP contribution in [-0.4, -0.2) is 21.6 Å². The van der Waals surface area contributed by atoms with Crippen LogP contribution >= 0.6 is 0 Å². The Morgan fingerprint density at radius 1 is 1.44 bits per heavy atom. The van der Waals surface area contributed by atoms with Gasteiger partial charge in [-0.05, 0) is 19.8 Å². The third-order valence-electron chi connectivity index (χ3n) is 3.65. The molecule has 2 rings (SSSR count). The van der Waals surface area contributed by atoms with Gasteiger partial charge < -0.3 is 15.6 Å². The van der Waals surface area contributed by atoms with E-state index < -0.39 is 0 Å². The summed E-state index contributed by atoms with van der Waals surface area (Å²) < 4.78 is 1.65. The third kappa shape index (κ3) is 2.90. The molecule has 3 N–H and O–H groups in total. The van der Waals surface area contributed by atoms with Gasteiger partial charge in [0.15, 0.2) is 5.82 Å². The molecule has 1 aromatic heterocycles. The molecule has 0 aliphatic heterocycles. The van der Waals surface area contributed by atoms with Crippen molar-refractivity contribution in [2.45, 2.75) is 57.7 Å². The van der Waals surface area contributed by atoms with Crippen LogP contribution < -0.4 is 16.6 Å². The lowest BCUT2D eigenvalue weighted by atomic mass is 10.0. The van der Waals surface area contributed by atoms with Crippen LogP contribution in [0.3, 0.4) is 0 Å². The van der Waals surface area contributed by atoms with Crippen molar-refractivity contribution in [2.24, 2.45) is 5.73 Å². The second kappa shape index (κ2) is 6.00. The second-order valence-corrected chi connectivity index (χ2v) is 4.92. The number of nitrogens with zero attached hydrogens (tertiary/aromatic N) is 2. The lowest BCUT2D eigenvalue weighted by Gasteiger charge is -2.23. The molecular weight excluding hydrogens is 228 g/mol. The highest BCUT2D eigenvalue weighted by Gasteiger charge is 2.21. The van der Waals surface area contributed by atoms with Crippen molar-refractivity contribution in [2.75, 3.05) is 5.32 Å². The van der Waals surface area contributed by atoms with Gasteiger partial charge in [0.1, 0.15) is 0 Å². The fourth-order valence-corrected chi connectivity index (χ4v) is 2.49. The summed E-state index contributed by atoms with van der Waals surface area (Å²) in [6.07, 6.45) is 8.99. The van der Waals surface area contributed by atoms with Crippen LogP contribution in [0.4, 0.5) is 5.82 Å². The van der Waals surface area contributed by atoms with E-state index in [-0.39, 0.29) is 17.6 Å². The van der Waals surface area contributed by atoms with Crippen LogP contribution in [0, 0.1) is 0 Å². The molecule has 0 bridgehead atoms. The van der Waals surface area contributed by atoms with Crippen molar-refractivity contribution in [1.82, 2.24) is 9.55 Å². The molecule has 2 atom stereocenters. The minimum atomic E-state index is -0.0588. The number of anilines is 1. The molecule has 0 saturated heterocycles. The lowest BCUT2D eigenvalue weighted by molar-refractivity contribution is 0.525. The van der Waals surface area contributed by atoms with Gasteiger partial charge in [-0.1, -0.05) is 19.3 Å². The Kier molecular flexibility index (Phi) is 4.36. The van der Waals surface area contributed by atoms with Crippen LogP contribution in [0.25, 0.3) is 0 Å². The maximum Gasteiger partial charge on any atom is 0.293 e. The highest BCUT2D eigenvalue weighted by Crippen LogP contribution is 2.18. The maximum absolute atomic E-state index is 12.1. The Balaban J connectivity index is 2.15. The molecule has 1 aliphatic carbocycles. The molecule has 0 amide bonds. The molecule has 18 heavy (non-hydrogen) atoms. The van der Waals surface area contributed by atoms with Crippen LogP contribution in [0.1, 0.15) is 39.0 Å². The molecule has 1 aromatic rings. The first-order valence-electron chi connectivity index (χ1n) is 6.80. The summed E-state index contributed by atoms with van der Waals surface area (Å²) in [5.41, 5.74) is 6.09. The summed E-state index contributed by atoms with van der Waals surface area (Å²) in [5.74, 6) is 0.432. The van der Waals surface area contributed by atoms with Gasteiger partial charge in [0.05, 0.1) is 0 Å². The maximum atomic E-state index is 12.1. The molecule has 0 radical (unpaired) electrons. The highest BCUT2D eigenvalue weighted by molar-refractivity contribution is 5.33. The van der Waals surface area contributed by atoms with E-state index >= 15 is 0 Å². The number of nitrogens with one attached hydrogen (secondary N) is 1. The fourth-order valence-electron chi connectivity index (χ4n) is 2.49. The van der Waals surface area contributed by atoms with Crippen molar-refractivity contribution >= 4 is 5.82 Å². The number of aromatic nitrogens is 2. The topological polar surface area (TPSA) is 72.9 Å². The molecule has 5 heteroatoms. The van der Waals surface area contributed by atoms with Crippen LogP contribution in [0.2, 0.25) is 0 Å². The van der Waals surface area contributed by atoms with Gasteiger partial charge in [0, 0.05) is 31.0 Å². The molecule has 0 spiro atoms. The van der Waals surface area contributed by atoms with E-state index in [0.29, 0.717) is 12.4 Å². The number of aryl methyl sites for hydroxylation is 1. The summed E-state index contributed by atoms with van der Waals surface area (Å²) in [6, 6.07) is 0.282. The SMILES string of the molecule is CCn1ccnc(NC2CCCCCC2N)c1=O. The minimum absolute atomic E-state index is 0.0588. The summed E-state index contributed by atoms with van der Waals surface area (Å²) >= 11 is 0. The number of nitrogens with two attached hydrogens (primary N) is 1. The molecular formula is C13H22N4O. The highest BCUT2D eigenvalue weighted by atomic mass is 16.1. The van der Waals surface area contributed by atoms with Crippen molar-refractivity contribution in [3.05, 3.63) is 22.7 Å². The number of rotatable bonds is 3. The largest absolute Gasteiger partial charge is 0.361 e. The van der Waals surface area contributed by atoms with E-state index in [2.05, 4.69) is 10.3 Å². The number of hydrogen-bond acceptors (Lipinski definition) is 4. The molecule has 0 aromatic carbocycles. The van der Waals surface area contributed by atoms with Crippen LogP contribution in [0.5, 0.6) is 0 Å². The predicted octanol–water partition coefficient (Wildman–Crippen LogP) is 1.34. The zero-order valence-electron chi connectivity index (χ0n) is 10.9. The monoisotopic (exact) mass is 250 g/mol. The van der Waals surface area contributed by atoms with E-state index in [1.54, 1.807) is 17.0 Å². The Morgan fingerprint density at radius 2 is 2.22 bits per heavy atom. The molecule has 2 unspecified atom stereocenters. The summed E-state index contributed by atoms with van der Waals surface area (Å²) in [7, 11) is 0. The summed E-state index contributed by atoms with van der Waals surface area (Å²) in [6.45, 7) is 2.61. The quantitative estimate of drug-likeness (QED) is 0.794. The van der Waals surface area contributed by atoms with Crippen LogP contribution in [0.15, 0.2) is 17.2 Å². The summed E-state index contributed by atoms with van der Waals surface area (Å²) in [5, 5.41) is 3.24. The first-order chi connectivity index (χ1) is 8.72. The smallest absolute Gasteiger partial charge is 0.293 e. The van der Waals surface area contributed by atoms with Crippen LogP contribution in [-0.2, 0) is 6.54 Å². The van der Waals surface area contributed by atoms with Gasteiger partial charge in [-0.3, -0.25) is 4.79 Å². The zero-order chi connectivity index (χ0) is 13.0. The van der Waals surface area contributed by atoms with E-state index in [9.17, 15) is 4.79 Å². The van der Waals surface area contributed by atoms with Gasteiger partial charge in [0.2, 0.25) is 0 Å². The first kappa shape index (κ1) is 13.1. The van der Waals surface area contributed by atoms with Gasteiger partial charge in [0.25, 0.3) is 5.56 Å². The predicted molar refractivity (Wildman–Crippen MR) is 72.6 cm³/mol. The molecule has 1 fully saturated rings. The molecule has 1 aliphatic rings. The second-order valence-electron chi connectivity index (χ2n) is 4.92. The Hall–Kier alpha value is -1.36. The van der Waals surface area contributed by atoms with Gasteiger partial charge in [-0.25, -0.2) is 4.98 Å². The molecule has 5 nitrogen and oxygen atoms in total. The third-order valence-corrected chi connectivity index (χ3v) is 3.65. The first-order valence-corrected chi connectivity index (χ1v) is 6.80. The normalized spacial score (nSPS) is 24.6. The van der Waals surface area contributed by atoms with Crippen molar-refractivity contribution in [3.63, 3.8) is 0 Å². The van der Waals surface area contributed by atoms with Gasteiger partial charge in [-0.2, -0.15) is 0 Å². The average molecular weight is 250 g/mol. The Labute approximate surface area is 107 Å². The Bertz CT molecular complexity index is 443. The van der Waals surface area contributed by atoms with E-state index in [1.165, 1.54) is 19.3 Å². The Morgan fingerprint density at radius 3 is 3.00 bits per heavy atom. The van der Waals surface area contributed by atoms with Crippen molar-refractivity contribution in [3.8, 4) is 0 Å². The van der Waals surface area contributed by atoms with Crippen molar-refractivity contribution in [1.29, 1.82) is 0 Å². The summed E-state index contributed by atoms with van der Waals surface area (Å²) in [4.78, 5) is 16.2. The van der Waals surface area contributed by atoms with E-state index in [4.69, 9.17) is 5.73 Å². The molecule has 1 heterocycles. The number of hydrogen-bond donors (Lipinski definition) is 2. The standard InChI is InChI=1S/C13H22N4O/c1-2-17-9-8-15-12(13(17)18)16-11-7-5-3-4-6-10(11)14/h8-11H,2-7,14H2,1H3,(H,15,16). The van der Waals surface area contributed by atoms with E-state index in [1.807, 2.05) is 6.92 Å². The molecule has 1 saturated carbocycles. The minimum Gasteiger partial charge on any atom is -0.361 e. The van der Waals surface area contributed by atoms with Gasteiger partial charge >= 0.3 is 0 Å². The average Bonchev–Trinajstić information content (AvgIpc) is 2.57. The van der Waals surface area contributed by atoms with Gasteiger partial charge in [-0.15, -0.1) is 0 Å². The van der Waals surface area contributed by atoms with E-state index in [0.717, 1.165) is 12.8 Å². The van der Waals surface area contributed by atoms with Crippen molar-refractivity contribution < 1.29 is 0 Å². The zero-order valence-corrected chi connectivity index (χ0v) is 10.9. The fraction of sp³-hybridized carbons (Fsp3) is 0.692. The molecule has 100 valence electrons.